The first-order chi connectivity index (χ1) is 8.68. The van der Waals surface area contributed by atoms with Gasteiger partial charge in [0.1, 0.15) is 0 Å². The standard InChI is InChI=1S/C13H18FN3O/c14-11-10(6-7-16-12(11)15)13(18)17-8-9-4-2-1-3-5-9/h6-7,9H,1-5,8H2,(H2,15,16)(H,17,18). The van der Waals surface area contributed by atoms with Gasteiger partial charge < -0.3 is 11.1 Å². The largest absolute Gasteiger partial charge is 0.381 e. The van der Waals surface area contributed by atoms with E-state index < -0.39 is 11.7 Å². The fraction of sp³-hybridized carbons (Fsp3) is 0.538. The molecule has 1 aromatic heterocycles. The second-order valence-electron chi connectivity index (χ2n) is 4.77. The lowest BCUT2D eigenvalue weighted by atomic mass is 9.89. The highest BCUT2D eigenvalue weighted by atomic mass is 19.1. The van der Waals surface area contributed by atoms with Crippen molar-refractivity contribution in [1.29, 1.82) is 0 Å². The van der Waals surface area contributed by atoms with Crippen LogP contribution in [-0.2, 0) is 0 Å². The molecule has 4 nitrogen and oxygen atoms in total. The van der Waals surface area contributed by atoms with Crippen LogP contribution in [0.15, 0.2) is 12.3 Å². The van der Waals surface area contributed by atoms with Gasteiger partial charge >= 0.3 is 0 Å². The first kappa shape index (κ1) is 12.8. The molecule has 0 radical (unpaired) electrons. The van der Waals surface area contributed by atoms with Gasteiger partial charge in [0.05, 0.1) is 5.56 Å². The van der Waals surface area contributed by atoms with E-state index in [2.05, 4.69) is 10.3 Å². The topological polar surface area (TPSA) is 68.0 Å². The Morgan fingerprint density at radius 3 is 2.89 bits per heavy atom. The fourth-order valence-corrected chi connectivity index (χ4v) is 2.36. The first-order valence-corrected chi connectivity index (χ1v) is 6.36. The number of carbonyl (C=O) groups is 1. The van der Waals surface area contributed by atoms with Crippen molar-refractivity contribution in [2.45, 2.75) is 32.1 Å². The maximum absolute atomic E-state index is 13.6. The molecule has 1 saturated carbocycles. The highest BCUT2D eigenvalue weighted by Gasteiger charge is 2.17. The number of amides is 1. The number of nitrogens with zero attached hydrogens (tertiary/aromatic N) is 1. The molecule has 5 heteroatoms. The van der Waals surface area contributed by atoms with Crippen molar-refractivity contribution in [3.63, 3.8) is 0 Å². The van der Waals surface area contributed by atoms with Gasteiger partial charge in [0.2, 0.25) is 0 Å². The van der Waals surface area contributed by atoms with Crippen LogP contribution < -0.4 is 11.1 Å². The zero-order chi connectivity index (χ0) is 13.0. The van der Waals surface area contributed by atoms with E-state index >= 15 is 0 Å². The number of pyridine rings is 1. The quantitative estimate of drug-likeness (QED) is 0.864. The Hall–Kier alpha value is -1.65. The van der Waals surface area contributed by atoms with Crippen LogP contribution in [-0.4, -0.2) is 17.4 Å². The van der Waals surface area contributed by atoms with E-state index in [9.17, 15) is 9.18 Å². The Balaban J connectivity index is 1.93. The molecule has 0 atom stereocenters. The monoisotopic (exact) mass is 251 g/mol. The van der Waals surface area contributed by atoms with E-state index in [1.165, 1.54) is 31.5 Å². The van der Waals surface area contributed by atoms with Crippen molar-refractivity contribution < 1.29 is 9.18 Å². The second kappa shape index (κ2) is 5.80. The highest BCUT2D eigenvalue weighted by molar-refractivity contribution is 5.95. The van der Waals surface area contributed by atoms with Crippen LogP contribution in [0, 0.1) is 11.7 Å². The maximum Gasteiger partial charge on any atom is 0.254 e. The van der Waals surface area contributed by atoms with Crippen LogP contribution in [0.4, 0.5) is 10.2 Å². The van der Waals surface area contributed by atoms with E-state index in [1.807, 2.05) is 0 Å². The average Bonchev–Trinajstić information content (AvgIpc) is 2.40. The Morgan fingerprint density at radius 2 is 2.17 bits per heavy atom. The summed E-state index contributed by atoms with van der Waals surface area (Å²) in [6, 6.07) is 1.35. The minimum atomic E-state index is -0.737. The zero-order valence-electron chi connectivity index (χ0n) is 10.3. The summed E-state index contributed by atoms with van der Waals surface area (Å²) in [5.41, 5.74) is 5.30. The molecule has 0 aliphatic heterocycles. The molecule has 0 unspecified atom stereocenters. The predicted octanol–water partition coefficient (Wildman–Crippen LogP) is 2.11. The molecule has 0 saturated heterocycles. The lowest BCUT2D eigenvalue weighted by molar-refractivity contribution is 0.0939. The van der Waals surface area contributed by atoms with Gasteiger partial charge in [-0.25, -0.2) is 9.37 Å². The van der Waals surface area contributed by atoms with Gasteiger partial charge in [-0.15, -0.1) is 0 Å². The van der Waals surface area contributed by atoms with Crippen molar-refractivity contribution >= 4 is 11.7 Å². The van der Waals surface area contributed by atoms with Crippen LogP contribution in [0.2, 0.25) is 0 Å². The summed E-state index contributed by atoms with van der Waals surface area (Å²) >= 11 is 0. The van der Waals surface area contributed by atoms with Gasteiger partial charge in [0.25, 0.3) is 5.91 Å². The van der Waals surface area contributed by atoms with Crippen molar-refractivity contribution in [1.82, 2.24) is 10.3 Å². The molecule has 0 aromatic carbocycles. The van der Waals surface area contributed by atoms with E-state index in [0.29, 0.717) is 12.5 Å². The number of hydrogen-bond acceptors (Lipinski definition) is 3. The normalized spacial score (nSPS) is 16.5. The summed E-state index contributed by atoms with van der Waals surface area (Å²) in [5, 5.41) is 2.77. The van der Waals surface area contributed by atoms with Crippen molar-refractivity contribution in [2.75, 3.05) is 12.3 Å². The fourth-order valence-electron chi connectivity index (χ4n) is 2.36. The molecule has 1 fully saturated rings. The molecule has 98 valence electrons. The molecule has 1 aliphatic rings. The number of halogens is 1. The van der Waals surface area contributed by atoms with Crippen LogP contribution in [0.5, 0.6) is 0 Å². The van der Waals surface area contributed by atoms with Crippen LogP contribution in [0.1, 0.15) is 42.5 Å². The molecular formula is C13H18FN3O. The number of hydrogen-bond donors (Lipinski definition) is 2. The number of nitrogens with two attached hydrogens (primary N) is 1. The molecular weight excluding hydrogens is 233 g/mol. The van der Waals surface area contributed by atoms with Crippen LogP contribution >= 0.6 is 0 Å². The van der Waals surface area contributed by atoms with Gasteiger partial charge in [0, 0.05) is 12.7 Å². The lowest BCUT2D eigenvalue weighted by Gasteiger charge is -2.21. The van der Waals surface area contributed by atoms with Gasteiger partial charge in [-0.3, -0.25) is 4.79 Å². The summed E-state index contributed by atoms with van der Waals surface area (Å²) in [6.07, 6.45) is 7.34. The predicted molar refractivity (Wildman–Crippen MR) is 67.5 cm³/mol. The van der Waals surface area contributed by atoms with Crippen molar-refractivity contribution in [2.24, 2.45) is 5.92 Å². The number of rotatable bonds is 3. The molecule has 1 amide bonds. The molecule has 1 aromatic rings. The summed E-state index contributed by atoms with van der Waals surface area (Å²) in [7, 11) is 0. The average molecular weight is 251 g/mol. The summed E-state index contributed by atoms with van der Waals surface area (Å²) in [6.45, 7) is 0.612. The summed E-state index contributed by atoms with van der Waals surface area (Å²) in [4.78, 5) is 15.4. The smallest absolute Gasteiger partial charge is 0.254 e. The summed E-state index contributed by atoms with van der Waals surface area (Å²) < 4.78 is 13.6. The first-order valence-electron chi connectivity index (χ1n) is 6.36. The van der Waals surface area contributed by atoms with E-state index in [0.717, 1.165) is 12.8 Å². The Labute approximate surface area is 106 Å². The molecule has 0 bridgehead atoms. The van der Waals surface area contributed by atoms with Crippen molar-refractivity contribution in [3.05, 3.63) is 23.6 Å². The van der Waals surface area contributed by atoms with Gasteiger partial charge in [-0.05, 0) is 24.8 Å². The molecule has 3 N–H and O–H groups in total. The third-order valence-corrected chi connectivity index (χ3v) is 3.44. The molecule has 18 heavy (non-hydrogen) atoms. The minimum absolute atomic E-state index is 0.0293. The molecule has 1 aliphatic carbocycles. The highest BCUT2D eigenvalue weighted by Crippen LogP contribution is 2.23. The molecule has 1 heterocycles. The SMILES string of the molecule is Nc1nccc(C(=O)NCC2CCCCC2)c1F. The minimum Gasteiger partial charge on any atom is -0.381 e. The number of aromatic nitrogens is 1. The van der Waals surface area contributed by atoms with E-state index in [4.69, 9.17) is 5.73 Å². The third-order valence-electron chi connectivity index (χ3n) is 3.44. The second-order valence-corrected chi connectivity index (χ2v) is 4.77. The summed E-state index contributed by atoms with van der Waals surface area (Å²) in [5.74, 6) is -0.865. The molecule has 0 spiro atoms. The number of nitrogens with one attached hydrogen (secondary N) is 1. The molecule has 2 rings (SSSR count). The number of nitrogen functional groups attached to an aromatic ring is 1. The maximum atomic E-state index is 13.6. The lowest BCUT2D eigenvalue weighted by Crippen LogP contribution is -2.31. The Bertz CT molecular complexity index is 430. The van der Waals surface area contributed by atoms with Gasteiger partial charge in [-0.1, -0.05) is 19.3 Å². The van der Waals surface area contributed by atoms with E-state index in [1.54, 1.807) is 0 Å². The Kier molecular flexibility index (Phi) is 4.12. The number of anilines is 1. The zero-order valence-corrected chi connectivity index (χ0v) is 10.3. The van der Waals surface area contributed by atoms with E-state index in [-0.39, 0.29) is 11.4 Å². The van der Waals surface area contributed by atoms with Crippen molar-refractivity contribution in [3.8, 4) is 0 Å². The third kappa shape index (κ3) is 2.97. The van der Waals surface area contributed by atoms with Crippen LogP contribution in [0.3, 0.4) is 0 Å². The van der Waals surface area contributed by atoms with Gasteiger partial charge in [-0.2, -0.15) is 0 Å². The van der Waals surface area contributed by atoms with Crippen LogP contribution in [0.25, 0.3) is 0 Å². The number of carbonyl (C=O) groups excluding carboxylic acids is 1. The Morgan fingerprint density at radius 1 is 1.44 bits per heavy atom. The van der Waals surface area contributed by atoms with Gasteiger partial charge in [0.15, 0.2) is 11.6 Å².